The standard InChI is InChI=1S/C25H26N6O2/c1-16-12-23(26)28-14-20(16)21-13-17-6-7-27-22(15-32)24(17)25(30-21)29-18-2-4-19(5-3-18)31-8-10-33-11-9-31/h2-7,12-15,22,27H,8-11H2,1H3,(H2,26,28)(H,29,30). The van der Waals surface area contributed by atoms with Gasteiger partial charge in [-0.25, -0.2) is 9.97 Å². The number of aldehydes is 1. The maximum Gasteiger partial charge on any atom is 0.146 e. The molecule has 2 aliphatic rings. The predicted octanol–water partition coefficient (Wildman–Crippen LogP) is 3.43. The average molecular weight is 443 g/mol. The smallest absolute Gasteiger partial charge is 0.146 e. The number of morpholine rings is 1. The number of fused-ring (bicyclic) bond motifs is 1. The summed E-state index contributed by atoms with van der Waals surface area (Å²) in [6, 6.07) is 11.6. The summed E-state index contributed by atoms with van der Waals surface area (Å²) in [6.45, 7) is 5.25. The van der Waals surface area contributed by atoms with Gasteiger partial charge in [0.25, 0.3) is 0 Å². The van der Waals surface area contributed by atoms with Crippen LogP contribution in [0.3, 0.4) is 0 Å². The van der Waals surface area contributed by atoms with Crippen LogP contribution in [0.5, 0.6) is 0 Å². The summed E-state index contributed by atoms with van der Waals surface area (Å²) in [5, 5.41) is 6.54. The number of nitrogens with one attached hydrogen (secondary N) is 2. The summed E-state index contributed by atoms with van der Waals surface area (Å²) in [5.74, 6) is 1.10. The molecule has 8 nitrogen and oxygen atoms in total. The van der Waals surface area contributed by atoms with Crippen LogP contribution in [-0.4, -0.2) is 42.6 Å². The molecule has 2 aliphatic heterocycles. The van der Waals surface area contributed by atoms with E-state index >= 15 is 0 Å². The van der Waals surface area contributed by atoms with Crippen molar-refractivity contribution in [3.8, 4) is 11.3 Å². The van der Waals surface area contributed by atoms with E-state index in [4.69, 9.17) is 15.5 Å². The average Bonchev–Trinajstić information content (AvgIpc) is 2.84. The quantitative estimate of drug-likeness (QED) is 0.516. The second kappa shape index (κ2) is 8.91. The van der Waals surface area contributed by atoms with Gasteiger partial charge in [-0.2, -0.15) is 0 Å². The maximum absolute atomic E-state index is 11.8. The van der Waals surface area contributed by atoms with Crippen LogP contribution in [0.25, 0.3) is 17.3 Å². The minimum atomic E-state index is -0.479. The number of rotatable bonds is 5. The van der Waals surface area contributed by atoms with E-state index in [9.17, 15) is 4.79 Å². The molecule has 0 spiro atoms. The molecule has 3 aromatic rings. The molecule has 0 saturated carbocycles. The number of aromatic nitrogens is 2. The Balaban J connectivity index is 1.52. The highest BCUT2D eigenvalue weighted by Crippen LogP contribution is 2.35. The highest BCUT2D eigenvalue weighted by molar-refractivity contribution is 5.80. The van der Waals surface area contributed by atoms with Crippen molar-refractivity contribution in [3.05, 3.63) is 65.5 Å². The fraction of sp³-hybridized carbons (Fsp3) is 0.240. The zero-order chi connectivity index (χ0) is 22.8. The van der Waals surface area contributed by atoms with E-state index in [0.717, 1.165) is 71.9 Å². The minimum Gasteiger partial charge on any atom is -0.384 e. The number of aryl methyl sites for hydroxylation is 1. The first-order valence-electron chi connectivity index (χ1n) is 11.0. The SMILES string of the molecule is Cc1cc(N)ncc1-c1cc2c(c(Nc3ccc(N4CCOCC4)cc3)n1)C(C=O)NC=C2. The van der Waals surface area contributed by atoms with E-state index in [1.165, 1.54) is 0 Å². The summed E-state index contributed by atoms with van der Waals surface area (Å²) < 4.78 is 5.45. The number of nitrogens with two attached hydrogens (primary N) is 1. The number of carbonyl (C=O) groups is 1. The third-order valence-corrected chi connectivity index (χ3v) is 5.99. The number of benzene rings is 1. The molecule has 0 amide bonds. The number of hydrogen-bond acceptors (Lipinski definition) is 8. The molecule has 0 aliphatic carbocycles. The normalized spacial score (nSPS) is 17.2. The molecule has 4 N–H and O–H groups in total. The molecule has 168 valence electrons. The molecule has 1 aromatic carbocycles. The van der Waals surface area contributed by atoms with Gasteiger partial charge in [-0.05, 0) is 66.7 Å². The van der Waals surface area contributed by atoms with E-state index < -0.39 is 6.04 Å². The number of anilines is 4. The van der Waals surface area contributed by atoms with Crippen molar-refractivity contribution in [2.24, 2.45) is 0 Å². The second-order valence-electron chi connectivity index (χ2n) is 8.17. The molecule has 5 rings (SSSR count). The Hall–Kier alpha value is -3.91. The lowest BCUT2D eigenvalue weighted by Gasteiger charge is -2.29. The zero-order valence-electron chi connectivity index (χ0n) is 18.4. The Morgan fingerprint density at radius 3 is 2.73 bits per heavy atom. The van der Waals surface area contributed by atoms with E-state index in [1.54, 1.807) is 12.4 Å². The van der Waals surface area contributed by atoms with Gasteiger partial charge in [-0.3, -0.25) is 0 Å². The van der Waals surface area contributed by atoms with Gasteiger partial charge < -0.3 is 30.8 Å². The van der Waals surface area contributed by atoms with Crippen molar-refractivity contribution in [1.29, 1.82) is 0 Å². The molecule has 8 heteroatoms. The van der Waals surface area contributed by atoms with Gasteiger partial charge in [0, 0.05) is 41.8 Å². The summed E-state index contributed by atoms with van der Waals surface area (Å²) in [6.07, 6.45) is 6.38. The number of ether oxygens (including phenoxy) is 1. The maximum atomic E-state index is 11.8. The van der Waals surface area contributed by atoms with Gasteiger partial charge in [-0.1, -0.05) is 0 Å². The van der Waals surface area contributed by atoms with Crippen LogP contribution in [0.2, 0.25) is 0 Å². The van der Waals surface area contributed by atoms with E-state index in [1.807, 2.05) is 37.3 Å². The first-order chi connectivity index (χ1) is 16.1. The Morgan fingerprint density at radius 1 is 1.21 bits per heavy atom. The molecule has 2 aromatic heterocycles. The molecule has 0 bridgehead atoms. The Kier molecular flexibility index (Phi) is 5.66. The first-order valence-corrected chi connectivity index (χ1v) is 11.0. The lowest BCUT2D eigenvalue weighted by atomic mass is 9.96. The zero-order valence-corrected chi connectivity index (χ0v) is 18.4. The van der Waals surface area contributed by atoms with Crippen molar-refractivity contribution >= 4 is 35.4 Å². The third kappa shape index (κ3) is 4.25. The van der Waals surface area contributed by atoms with Gasteiger partial charge in [0.15, 0.2) is 0 Å². The summed E-state index contributed by atoms with van der Waals surface area (Å²) in [5.41, 5.74) is 12.3. The number of hydrogen-bond donors (Lipinski definition) is 3. The molecular formula is C25H26N6O2. The van der Waals surface area contributed by atoms with Crippen LogP contribution in [0.4, 0.5) is 23.0 Å². The van der Waals surface area contributed by atoms with E-state index in [-0.39, 0.29) is 0 Å². The van der Waals surface area contributed by atoms with Crippen molar-refractivity contribution in [2.45, 2.75) is 13.0 Å². The van der Waals surface area contributed by atoms with Crippen molar-refractivity contribution in [3.63, 3.8) is 0 Å². The van der Waals surface area contributed by atoms with Crippen molar-refractivity contribution in [2.75, 3.05) is 42.3 Å². The lowest BCUT2D eigenvalue weighted by molar-refractivity contribution is -0.109. The monoisotopic (exact) mass is 442 g/mol. The molecule has 1 fully saturated rings. The fourth-order valence-electron chi connectivity index (χ4n) is 4.26. The van der Waals surface area contributed by atoms with Gasteiger partial charge in [0.2, 0.25) is 0 Å². The highest BCUT2D eigenvalue weighted by Gasteiger charge is 2.23. The Bertz CT molecular complexity index is 1200. The lowest BCUT2D eigenvalue weighted by Crippen LogP contribution is -2.36. The molecule has 1 saturated heterocycles. The van der Waals surface area contributed by atoms with Crippen LogP contribution in [0, 0.1) is 6.92 Å². The Morgan fingerprint density at radius 2 is 2.00 bits per heavy atom. The third-order valence-electron chi connectivity index (χ3n) is 5.99. The summed E-state index contributed by atoms with van der Waals surface area (Å²) in [4.78, 5) is 23.3. The first kappa shape index (κ1) is 21.0. The molecule has 1 atom stereocenters. The molecule has 0 radical (unpaired) electrons. The van der Waals surface area contributed by atoms with Crippen molar-refractivity contribution < 1.29 is 9.53 Å². The topological polar surface area (TPSA) is 105 Å². The number of nitrogens with zero attached hydrogens (tertiary/aromatic N) is 3. The van der Waals surface area contributed by atoms with Gasteiger partial charge in [0.05, 0.1) is 18.9 Å². The minimum absolute atomic E-state index is 0.470. The molecule has 1 unspecified atom stereocenters. The highest BCUT2D eigenvalue weighted by atomic mass is 16.5. The number of pyridine rings is 2. The van der Waals surface area contributed by atoms with Gasteiger partial charge in [0.1, 0.15) is 24.0 Å². The fourth-order valence-corrected chi connectivity index (χ4v) is 4.26. The largest absolute Gasteiger partial charge is 0.384 e. The van der Waals surface area contributed by atoms with Crippen LogP contribution >= 0.6 is 0 Å². The summed E-state index contributed by atoms with van der Waals surface area (Å²) >= 11 is 0. The van der Waals surface area contributed by atoms with Gasteiger partial charge >= 0.3 is 0 Å². The van der Waals surface area contributed by atoms with Crippen LogP contribution < -0.4 is 21.3 Å². The van der Waals surface area contributed by atoms with E-state index in [0.29, 0.717) is 11.6 Å². The van der Waals surface area contributed by atoms with Crippen LogP contribution in [0.1, 0.15) is 22.7 Å². The van der Waals surface area contributed by atoms with E-state index in [2.05, 4.69) is 32.7 Å². The van der Waals surface area contributed by atoms with Crippen LogP contribution in [0.15, 0.2) is 48.8 Å². The Labute approximate surface area is 192 Å². The predicted molar refractivity (Wildman–Crippen MR) is 130 cm³/mol. The number of nitrogen functional groups attached to an aromatic ring is 1. The molecule has 33 heavy (non-hydrogen) atoms. The molecular weight excluding hydrogens is 416 g/mol. The van der Waals surface area contributed by atoms with Crippen LogP contribution in [-0.2, 0) is 9.53 Å². The number of carbonyl (C=O) groups excluding carboxylic acids is 1. The second-order valence-corrected chi connectivity index (χ2v) is 8.17. The summed E-state index contributed by atoms with van der Waals surface area (Å²) in [7, 11) is 0. The van der Waals surface area contributed by atoms with Gasteiger partial charge in [-0.15, -0.1) is 0 Å². The molecule has 4 heterocycles. The van der Waals surface area contributed by atoms with Crippen molar-refractivity contribution in [1.82, 2.24) is 15.3 Å².